The van der Waals surface area contributed by atoms with Crippen molar-refractivity contribution in [1.82, 2.24) is 10.6 Å². The average molecular weight is 376 g/mol. The monoisotopic (exact) mass is 375 g/mol. The summed E-state index contributed by atoms with van der Waals surface area (Å²) in [5.41, 5.74) is 6.18. The number of unbranched alkanes of at least 4 members (excludes halogenated alkanes) is 1. The second-order valence-corrected chi connectivity index (χ2v) is 8.52. The number of benzene rings is 1. The van der Waals surface area contributed by atoms with Gasteiger partial charge in [-0.25, -0.2) is 0 Å². The van der Waals surface area contributed by atoms with Crippen LogP contribution in [0, 0.1) is 5.41 Å². The molecule has 152 valence electrons. The highest BCUT2D eigenvalue weighted by molar-refractivity contribution is 5.93. The van der Waals surface area contributed by atoms with Crippen molar-refractivity contribution in [2.45, 2.75) is 78.4 Å². The maximum atomic E-state index is 13.0. The van der Waals surface area contributed by atoms with Gasteiger partial charge in [0.2, 0.25) is 5.91 Å². The molecular weight excluding hydrogens is 338 g/mol. The number of Topliss-reactive ketones (excluding diaryl/α,β-unsaturated/α-hetero) is 1. The number of rotatable bonds is 11. The summed E-state index contributed by atoms with van der Waals surface area (Å²) in [5.74, 6) is -0.0567. The fourth-order valence-electron chi connectivity index (χ4n) is 3.04. The van der Waals surface area contributed by atoms with Crippen molar-refractivity contribution in [3.63, 3.8) is 0 Å². The molecule has 5 nitrogen and oxygen atoms in total. The van der Waals surface area contributed by atoms with Crippen molar-refractivity contribution in [1.29, 1.82) is 0 Å². The third-order valence-electron chi connectivity index (χ3n) is 4.45. The van der Waals surface area contributed by atoms with Crippen LogP contribution in [-0.4, -0.2) is 36.4 Å². The van der Waals surface area contributed by atoms with E-state index in [1.54, 1.807) is 0 Å². The van der Waals surface area contributed by atoms with Crippen LogP contribution >= 0.6 is 0 Å². The zero-order chi connectivity index (χ0) is 20.4. The van der Waals surface area contributed by atoms with Gasteiger partial charge in [-0.05, 0) is 37.8 Å². The Morgan fingerprint density at radius 2 is 1.67 bits per heavy atom. The van der Waals surface area contributed by atoms with Crippen LogP contribution in [0.5, 0.6) is 0 Å². The molecule has 0 spiro atoms. The number of amides is 1. The van der Waals surface area contributed by atoms with E-state index in [0.29, 0.717) is 19.4 Å². The Hall–Kier alpha value is -1.72. The summed E-state index contributed by atoms with van der Waals surface area (Å²) >= 11 is 0. The van der Waals surface area contributed by atoms with Gasteiger partial charge in [0, 0.05) is 11.5 Å². The molecule has 2 atom stereocenters. The lowest BCUT2D eigenvalue weighted by Gasteiger charge is -2.28. The van der Waals surface area contributed by atoms with Crippen molar-refractivity contribution in [3.8, 4) is 0 Å². The normalized spacial score (nSPS) is 14.0. The highest BCUT2D eigenvalue weighted by atomic mass is 16.2. The molecule has 0 saturated carbocycles. The molecule has 5 heteroatoms. The highest BCUT2D eigenvalue weighted by Gasteiger charge is 2.32. The quantitative estimate of drug-likeness (QED) is 0.519. The van der Waals surface area contributed by atoms with Gasteiger partial charge in [-0.3, -0.25) is 9.59 Å². The first-order valence-electron chi connectivity index (χ1n) is 10.00. The van der Waals surface area contributed by atoms with E-state index in [1.807, 2.05) is 65.0 Å². The van der Waals surface area contributed by atoms with E-state index in [-0.39, 0.29) is 23.8 Å². The zero-order valence-corrected chi connectivity index (χ0v) is 17.5. The molecule has 1 aromatic rings. The number of carbonyl (C=O) groups excluding carboxylic acids is 2. The van der Waals surface area contributed by atoms with E-state index in [1.165, 1.54) is 0 Å². The molecule has 0 aromatic heterocycles. The third-order valence-corrected chi connectivity index (χ3v) is 4.45. The topological polar surface area (TPSA) is 84.2 Å². The predicted molar refractivity (Wildman–Crippen MR) is 112 cm³/mol. The van der Waals surface area contributed by atoms with Crippen LogP contribution in [0.15, 0.2) is 30.3 Å². The molecule has 0 fully saturated rings. The number of nitrogens with one attached hydrogen (secondary N) is 2. The molecule has 27 heavy (non-hydrogen) atoms. The fraction of sp³-hybridized carbons (Fsp3) is 0.636. The minimum atomic E-state index is -0.499. The Bertz CT molecular complexity index is 579. The Morgan fingerprint density at radius 1 is 1.04 bits per heavy atom. The summed E-state index contributed by atoms with van der Waals surface area (Å²) in [6, 6.07) is 9.25. The van der Waals surface area contributed by atoms with Gasteiger partial charge in [-0.2, -0.15) is 0 Å². The lowest BCUT2D eigenvalue weighted by molar-refractivity contribution is -0.133. The van der Waals surface area contributed by atoms with E-state index in [0.717, 1.165) is 18.4 Å². The number of hydrogen-bond acceptors (Lipinski definition) is 4. The van der Waals surface area contributed by atoms with Crippen LogP contribution in [-0.2, 0) is 16.0 Å². The van der Waals surface area contributed by atoms with Gasteiger partial charge in [0.15, 0.2) is 5.78 Å². The standard InChI is InChI=1S/C22H37N3O2/c1-16(2)24-19(15-17-11-7-6-8-12-17)21(27)25-18(13-9-10-14-23)20(26)22(3,4)5/h6-8,11-12,16,18-19,24H,9-10,13-15,23H2,1-5H3,(H,25,27). The van der Waals surface area contributed by atoms with Crippen molar-refractivity contribution >= 4 is 11.7 Å². The number of ketones is 1. The van der Waals surface area contributed by atoms with Crippen LogP contribution in [0.1, 0.15) is 59.4 Å². The van der Waals surface area contributed by atoms with Crippen molar-refractivity contribution < 1.29 is 9.59 Å². The summed E-state index contributed by atoms with van der Waals surface area (Å²) in [4.78, 5) is 25.8. The Balaban J connectivity index is 2.89. The SMILES string of the molecule is CC(C)NC(Cc1ccccc1)C(=O)NC(CCCCN)C(=O)C(C)(C)C. The average Bonchev–Trinajstić information content (AvgIpc) is 2.59. The molecule has 0 radical (unpaired) electrons. The van der Waals surface area contributed by atoms with Crippen LogP contribution in [0.4, 0.5) is 0 Å². The fourth-order valence-corrected chi connectivity index (χ4v) is 3.04. The molecule has 1 aromatic carbocycles. The lowest BCUT2D eigenvalue weighted by atomic mass is 9.84. The predicted octanol–water partition coefficient (Wildman–Crippen LogP) is 2.82. The molecule has 0 saturated heterocycles. The van der Waals surface area contributed by atoms with Crippen molar-refractivity contribution in [2.24, 2.45) is 11.1 Å². The molecule has 1 rings (SSSR count). The second kappa shape index (κ2) is 11.2. The number of carbonyl (C=O) groups is 2. The number of hydrogen-bond donors (Lipinski definition) is 3. The Labute approximate surface area is 164 Å². The second-order valence-electron chi connectivity index (χ2n) is 8.52. The van der Waals surface area contributed by atoms with Gasteiger partial charge < -0.3 is 16.4 Å². The van der Waals surface area contributed by atoms with Gasteiger partial charge in [0.1, 0.15) is 0 Å². The first-order valence-corrected chi connectivity index (χ1v) is 10.00. The summed E-state index contributed by atoms with van der Waals surface area (Å²) in [6.07, 6.45) is 2.88. The molecule has 1 amide bonds. The van der Waals surface area contributed by atoms with E-state index < -0.39 is 11.5 Å². The summed E-state index contributed by atoms with van der Waals surface area (Å²) in [7, 11) is 0. The van der Waals surface area contributed by atoms with E-state index in [2.05, 4.69) is 10.6 Å². The molecule has 4 N–H and O–H groups in total. The number of nitrogens with two attached hydrogens (primary N) is 1. The van der Waals surface area contributed by atoms with E-state index in [4.69, 9.17) is 5.73 Å². The maximum absolute atomic E-state index is 13.0. The summed E-state index contributed by atoms with van der Waals surface area (Å²) in [6.45, 7) is 10.3. The van der Waals surface area contributed by atoms with Gasteiger partial charge >= 0.3 is 0 Å². The van der Waals surface area contributed by atoms with Gasteiger partial charge in [0.25, 0.3) is 0 Å². The van der Waals surface area contributed by atoms with Crippen LogP contribution in [0.3, 0.4) is 0 Å². The minimum absolute atomic E-state index is 0.0656. The molecular formula is C22H37N3O2. The highest BCUT2D eigenvalue weighted by Crippen LogP contribution is 2.19. The molecule has 0 aliphatic heterocycles. The smallest absolute Gasteiger partial charge is 0.238 e. The van der Waals surface area contributed by atoms with Gasteiger partial charge in [-0.1, -0.05) is 65.0 Å². The van der Waals surface area contributed by atoms with Crippen LogP contribution < -0.4 is 16.4 Å². The van der Waals surface area contributed by atoms with E-state index in [9.17, 15) is 9.59 Å². The Morgan fingerprint density at radius 3 is 2.19 bits per heavy atom. The first kappa shape index (κ1) is 23.3. The molecule has 0 aliphatic rings. The molecule has 0 aliphatic carbocycles. The summed E-state index contributed by atoms with van der Waals surface area (Å²) < 4.78 is 0. The zero-order valence-electron chi connectivity index (χ0n) is 17.5. The van der Waals surface area contributed by atoms with Crippen molar-refractivity contribution in [3.05, 3.63) is 35.9 Å². The first-order chi connectivity index (χ1) is 12.6. The minimum Gasteiger partial charge on any atom is -0.345 e. The van der Waals surface area contributed by atoms with E-state index >= 15 is 0 Å². The summed E-state index contributed by atoms with van der Waals surface area (Å²) in [5, 5.41) is 6.35. The molecule has 0 bridgehead atoms. The largest absolute Gasteiger partial charge is 0.345 e. The van der Waals surface area contributed by atoms with Crippen LogP contribution in [0.25, 0.3) is 0 Å². The van der Waals surface area contributed by atoms with Gasteiger partial charge in [-0.15, -0.1) is 0 Å². The lowest BCUT2D eigenvalue weighted by Crippen LogP contribution is -2.54. The molecule has 2 unspecified atom stereocenters. The Kier molecular flexibility index (Phi) is 9.67. The van der Waals surface area contributed by atoms with Crippen molar-refractivity contribution in [2.75, 3.05) is 6.54 Å². The van der Waals surface area contributed by atoms with Gasteiger partial charge in [0.05, 0.1) is 12.1 Å². The molecule has 0 heterocycles. The third kappa shape index (κ3) is 8.67. The maximum Gasteiger partial charge on any atom is 0.238 e. The van der Waals surface area contributed by atoms with Crippen LogP contribution in [0.2, 0.25) is 0 Å².